The van der Waals surface area contributed by atoms with Crippen LogP contribution < -0.4 is 15.5 Å². The molecule has 0 bridgehead atoms. The van der Waals surface area contributed by atoms with E-state index in [0.717, 1.165) is 55.3 Å². The van der Waals surface area contributed by atoms with Gasteiger partial charge in [-0.25, -0.2) is 0 Å². The summed E-state index contributed by atoms with van der Waals surface area (Å²) in [5.41, 5.74) is 0. The molecule has 0 aromatic carbocycles. The summed E-state index contributed by atoms with van der Waals surface area (Å²) in [5.74, 6) is 0.0354. The first-order chi connectivity index (χ1) is 11.5. The topological polar surface area (TPSA) is 80.6 Å². The van der Waals surface area contributed by atoms with Crippen LogP contribution in [0, 0.1) is 0 Å². The van der Waals surface area contributed by atoms with Gasteiger partial charge in [0.1, 0.15) is 13.1 Å². The molecule has 3 N–H and O–H groups in total. The Morgan fingerprint density at radius 1 is 1.33 bits per heavy atom. The molecule has 2 rings (SSSR count). The van der Waals surface area contributed by atoms with E-state index in [4.69, 9.17) is 4.74 Å². The van der Waals surface area contributed by atoms with Crippen LogP contribution in [0.2, 0.25) is 0 Å². The van der Waals surface area contributed by atoms with E-state index >= 15 is 0 Å². The van der Waals surface area contributed by atoms with Gasteiger partial charge >= 0.3 is 0 Å². The zero-order chi connectivity index (χ0) is 17.4. The fraction of sp³-hybridized carbons (Fsp3) is 0.800. The summed E-state index contributed by atoms with van der Waals surface area (Å²) in [6.45, 7) is 11.8. The maximum Gasteiger partial charge on any atom is 0.233 e. The van der Waals surface area contributed by atoms with Gasteiger partial charge in [0, 0.05) is 19.0 Å². The van der Waals surface area contributed by atoms with Gasteiger partial charge in [-0.3, -0.25) is 4.79 Å². The van der Waals surface area contributed by atoms with Crippen LogP contribution in [0.5, 0.6) is 0 Å². The summed E-state index contributed by atoms with van der Waals surface area (Å²) in [5, 5.41) is 15.2. The zero-order valence-electron chi connectivity index (χ0n) is 14.6. The molecule has 1 aromatic heterocycles. The van der Waals surface area contributed by atoms with Crippen molar-refractivity contribution < 1.29 is 14.4 Å². The number of ether oxygens (including phenoxy) is 1. The summed E-state index contributed by atoms with van der Waals surface area (Å²) >= 11 is 2.96. The number of hydrogen-bond acceptors (Lipinski definition) is 7. The Labute approximate surface area is 151 Å². The fourth-order valence-corrected chi connectivity index (χ4v) is 4.31. The summed E-state index contributed by atoms with van der Waals surface area (Å²) in [6.07, 6.45) is 1.10. The van der Waals surface area contributed by atoms with Gasteiger partial charge in [-0.15, -0.1) is 10.2 Å². The van der Waals surface area contributed by atoms with Gasteiger partial charge in [-0.2, -0.15) is 0 Å². The van der Waals surface area contributed by atoms with E-state index in [-0.39, 0.29) is 17.2 Å². The lowest BCUT2D eigenvalue weighted by molar-refractivity contribution is -0.908. The molecular weight excluding hydrogens is 346 g/mol. The second-order valence-corrected chi connectivity index (χ2v) is 8.75. The number of nitrogens with one attached hydrogen (secondary N) is 3. The molecule has 0 saturated carbocycles. The van der Waals surface area contributed by atoms with Crippen molar-refractivity contribution in [2.45, 2.75) is 42.8 Å². The van der Waals surface area contributed by atoms with Crippen molar-refractivity contribution in [1.29, 1.82) is 0 Å². The summed E-state index contributed by atoms with van der Waals surface area (Å²) < 4.78 is 6.19. The van der Waals surface area contributed by atoms with Crippen LogP contribution in [0.15, 0.2) is 4.34 Å². The van der Waals surface area contributed by atoms with Crippen molar-refractivity contribution in [3.8, 4) is 0 Å². The third-order valence-electron chi connectivity index (χ3n) is 3.67. The SMILES string of the molecule is CC(C)NC(=O)[C@@H](C)Sc1nnc(NCCC[NH+]2CCOCC2)s1. The number of morpholine rings is 1. The third-order valence-corrected chi connectivity index (χ3v) is 5.73. The summed E-state index contributed by atoms with van der Waals surface area (Å²) in [7, 11) is 0. The molecular formula is C15H28N5O2S2+. The van der Waals surface area contributed by atoms with Crippen molar-refractivity contribution >= 4 is 34.1 Å². The van der Waals surface area contributed by atoms with Crippen molar-refractivity contribution in [3.05, 3.63) is 0 Å². The number of carbonyl (C=O) groups is 1. The van der Waals surface area contributed by atoms with Gasteiger partial charge in [0.05, 0.1) is 25.0 Å². The molecule has 1 fully saturated rings. The Kier molecular flexibility index (Phi) is 8.23. The van der Waals surface area contributed by atoms with Gasteiger partial charge in [0.15, 0.2) is 4.34 Å². The maximum atomic E-state index is 11.9. The second kappa shape index (κ2) is 10.2. The standard InChI is InChI=1S/C15H27N5O2S2/c1-11(2)17-13(21)12(3)23-15-19-18-14(24-15)16-5-4-6-20-7-9-22-10-8-20/h11-12H,4-10H2,1-3H3,(H,16,18)(H,17,21)/p+1/t12-/m1/s1. The average Bonchev–Trinajstić information content (AvgIpc) is 2.99. The van der Waals surface area contributed by atoms with E-state index < -0.39 is 0 Å². The number of thioether (sulfide) groups is 1. The van der Waals surface area contributed by atoms with Gasteiger partial charge in [0.2, 0.25) is 11.0 Å². The molecule has 1 aliphatic heterocycles. The van der Waals surface area contributed by atoms with Gasteiger partial charge in [0.25, 0.3) is 0 Å². The van der Waals surface area contributed by atoms with Gasteiger partial charge in [-0.1, -0.05) is 23.1 Å². The number of anilines is 1. The number of quaternary nitrogens is 1. The smallest absolute Gasteiger partial charge is 0.233 e. The number of rotatable bonds is 9. The van der Waals surface area contributed by atoms with Gasteiger partial charge < -0.3 is 20.3 Å². The Bertz CT molecular complexity index is 506. The van der Waals surface area contributed by atoms with Crippen LogP contribution in [-0.2, 0) is 9.53 Å². The first kappa shape index (κ1) is 19.4. The fourth-order valence-electron chi connectivity index (χ4n) is 2.38. The van der Waals surface area contributed by atoms with Gasteiger partial charge in [-0.05, 0) is 20.8 Å². The highest BCUT2D eigenvalue weighted by Crippen LogP contribution is 2.28. The van der Waals surface area contributed by atoms with E-state index in [2.05, 4.69) is 20.8 Å². The van der Waals surface area contributed by atoms with E-state index in [1.807, 2.05) is 20.8 Å². The minimum absolute atomic E-state index is 0.0354. The molecule has 0 unspecified atom stereocenters. The lowest BCUT2D eigenvalue weighted by atomic mass is 10.3. The number of hydrogen-bond donors (Lipinski definition) is 3. The highest BCUT2D eigenvalue weighted by Gasteiger charge is 2.18. The molecule has 0 aliphatic carbocycles. The Morgan fingerprint density at radius 3 is 2.79 bits per heavy atom. The summed E-state index contributed by atoms with van der Waals surface area (Å²) in [4.78, 5) is 13.5. The molecule has 1 aromatic rings. The predicted molar refractivity (Wildman–Crippen MR) is 98.0 cm³/mol. The quantitative estimate of drug-likeness (QED) is 0.425. The maximum absolute atomic E-state index is 11.9. The molecule has 2 heterocycles. The molecule has 24 heavy (non-hydrogen) atoms. The molecule has 9 heteroatoms. The van der Waals surface area contributed by atoms with Crippen LogP contribution >= 0.6 is 23.1 Å². The van der Waals surface area contributed by atoms with E-state index in [0.29, 0.717) is 0 Å². The molecule has 1 atom stereocenters. The van der Waals surface area contributed by atoms with E-state index in [1.54, 1.807) is 4.90 Å². The monoisotopic (exact) mass is 374 g/mol. The first-order valence-electron chi connectivity index (χ1n) is 8.50. The lowest BCUT2D eigenvalue weighted by Crippen LogP contribution is -3.14. The average molecular weight is 375 g/mol. The third kappa shape index (κ3) is 6.92. The van der Waals surface area contributed by atoms with Crippen LogP contribution in [-0.4, -0.2) is 66.8 Å². The minimum atomic E-state index is -0.168. The first-order valence-corrected chi connectivity index (χ1v) is 10.2. The molecule has 1 aliphatic rings. The minimum Gasteiger partial charge on any atom is -0.370 e. The van der Waals surface area contributed by atoms with Crippen molar-refractivity contribution in [1.82, 2.24) is 15.5 Å². The molecule has 136 valence electrons. The number of nitrogens with zero attached hydrogens (tertiary/aromatic N) is 2. The largest absolute Gasteiger partial charge is 0.370 e. The van der Waals surface area contributed by atoms with E-state index in [9.17, 15) is 4.79 Å². The second-order valence-electron chi connectivity index (χ2n) is 6.19. The molecule has 1 amide bonds. The van der Waals surface area contributed by atoms with Crippen LogP contribution in [0.3, 0.4) is 0 Å². The van der Waals surface area contributed by atoms with E-state index in [1.165, 1.54) is 23.1 Å². The Morgan fingerprint density at radius 2 is 2.08 bits per heavy atom. The van der Waals surface area contributed by atoms with Crippen LogP contribution in [0.1, 0.15) is 27.2 Å². The molecule has 1 saturated heterocycles. The number of aromatic nitrogens is 2. The molecule has 0 spiro atoms. The lowest BCUT2D eigenvalue weighted by Gasteiger charge is -2.23. The highest BCUT2D eigenvalue weighted by atomic mass is 32.2. The Balaban J connectivity index is 1.66. The molecule has 0 radical (unpaired) electrons. The molecule has 7 nitrogen and oxygen atoms in total. The normalized spacial score (nSPS) is 17.0. The van der Waals surface area contributed by atoms with Crippen molar-refractivity contribution in [2.24, 2.45) is 0 Å². The van der Waals surface area contributed by atoms with Crippen molar-refractivity contribution in [2.75, 3.05) is 44.7 Å². The van der Waals surface area contributed by atoms with Crippen LogP contribution in [0.25, 0.3) is 0 Å². The predicted octanol–water partition coefficient (Wildman–Crippen LogP) is 0.260. The van der Waals surface area contributed by atoms with Crippen molar-refractivity contribution in [3.63, 3.8) is 0 Å². The number of carbonyl (C=O) groups excluding carboxylic acids is 1. The Hall–Kier alpha value is -0.900. The summed E-state index contributed by atoms with van der Waals surface area (Å²) in [6, 6.07) is 0.154. The number of amides is 1. The zero-order valence-corrected chi connectivity index (χ0v) is 16.3. The van der Waals surface area contributed by atoms with Crippen LogP contribution in [0.4, 0.5) is 5.13 Å². The highest BCUT2D eigenvalue weighted by molar-refractivity contribution is 8.02.